The first-order valence-corrected chi connectivity index (χ1v) is 7.65. The summed E-state index contributed by atoms with van der Waals surface area (Å²) in [5.41, 5.74) is 1.36. The third kappa shape index (κ3) is 7.22. The number of nitrogens with one attached hydrogen (secondary N) is 1. The molecule has 0 bridgehead atoms. The van der Waals surface area contributed by atoms with E-state index in [1.54, 1.807) is 0 Å². The van der Waals surface area contributed by atoms with Gasteiger partial charge in [-0.3, -0.25) is 0 Å². The number of likely N-dealkylation sites (N-methyl/N-ethyl adjacent to an activating group) is 1. The van der Waals surface area contributed by atoms with Gasteiger partial charge in [-0.05, 0) is 44.5 Å². The van der Waals surface area contributed by atoms with Crippen molar-refractivity contribution in [1.29, 1.82) is 0 Å². The molecule has 0 saturated heterocycles. The Morgan fingerprint density at radius 2 is 1.74 bits per heavy atom. The molecule has 0 aliphatic carbocycles. The second-order valence-electron chi connectivity index (χ2n) is 5.30. The Labute approximate surface area is 118 Å². The van der Waals surface area contributed by atoms with Crippen LogP contribution in [0.15, 0.2) is 24.3 Å². The predicted octanol–water partition coefficient (Wildman–Crippen LogP) is 4.19. The molecule has 19 heavy (non-hydrogen) atoms. The van der Waals surface area contributed by atoms with Crippen LogP contribution in [0.5, 0.6) is 5.75 Å². The molecule has 1 rings (SSSR count). The molecule has 0 saturated carbocycles. The summed E-state index contributed by atoms with van der Waals surface area (Å²) in [6, 6.07) is 9.03. The zero-order valence-corrected chi connectivity index (χ0v) is 12.7. The SMILES string of the molecule is CCCCCCCOc1ccc(CC(C)NC)cc1. The van der Waals surface area contributed by atoms with Crippen molar-refractivity contribution >= 4 is 0 Å². The van der Waals surface area contributed by atoms with Crippen molar-refractivity contribution in [3.8, 4) is 5.75 Å². The van der Waals surface area contributed by atoms with Gasteiger partial charge in [0.25, 0.3) is 0 Å². The first-order valence-electron chi connectivity index (χ1n) is 7.65. The minimum absolute atomic E-state index is 0.519. The summed E-state index contributed by atoms with van der Waals surface area (Å²) in [6.07, 6.45) is 7.49. The van der Waals surface area contributed by atoms with E-state index in [2.05, 4.69) is 43.4 Å². The van der Waals surface area contributed by atoms with Gasteiger partial charge in [0.1, 0.15) is 5.75 Å². The van der Waals surface area contributed by atoms with Crippen molar-refractivity contribution in [2.75, 3.05) is 13.7 Å². The van der Waals surface area contributed by atoms with Crippen LogP contribution in [-0.4, -0.2) is 19.7 Å². The number of benzene rings is 1. The standard InChI is InChI=1S/C17H29NO/c1-4-5-6-7-8-13-19-17-11-9-16(10-12-17)14-15(2)18-3/h9-12,15,18H,4-8,13-14H2,1-3H3. The van der Waals surface area contributed by atoms with Crippen LogP contribution < -0.4 is 10.1 Å². The highest BCUT2D eigenvalue weighted by Gasteiger charge is 2.01. The van der Waals surface area contributed by atoms with Crippen molar-refractivity contribution in [2.45, 2.75) is 58.4 Å². The fraction of sp³-hybridized carbons (Fsp3) is 0.647. The highest BCUT2D eigenvalue weighted by Crippen LogP contribution is 2.14. The highest BCUT2D eigenvalue weighted by molar-refractivity contribution is 5.27. The van der Waals surface area contributed by atoms with Crippen LogP contribution in [-0.2, 0) is 6.42 Å². The maximum atomic E-state index is 5.76. The lowest BCUT2D eigenvalue weighted by Crippen LogP contribution is -2.23. The number of hydrogen-bond donors (Lipinski definition) is 1. The van der Waals surface area contributed by atoms with Crippen molar-refractivity contribution < 1.29 is 4.74 Å². The summed E-state index contributed by atoms with van der Waals surface area (Å²) < 4.78 is 5.76. The van der Waals surface area contributed by atoms with E-state index < -0.39 is 0 Å². The third-order valence-electron chi connectivity index (χ3n) is 3.47. The largest absolute Gasteiger partial charge is 0.494 e. The normalized spacial score (nSPS) is 12.4. The van der Waals surface area contributed by atoms with E-state index in [0.717, 1.165) is 18.8 Å². The van der Waals surface area contributed by atoms with Crippen LogP contribution in [0.1, 0.15) is 51.5 Å². The molecule has 0 spiro atoms. The quantitative estimate of drug-likeness (QED) is 0.639. The zero-order valence-electron chi connectivity index (χ0n) is 12.7. The molecule has 1 aromatic carbocycles. The molecular formula is C17H29NO. The van der Waals surface area contributed by atoms with Gasteiger partial charge in [0.05, 0.1) is 6.61 Å². The molecule has 1 N–H and O–H groups in total. The minimum Gasteiger partial charge on any atom is -0.494 e. The monoisotopic (exact) mass is 263 g/mol. The highest BCUT2D eigenvalue weighted by atomic mass is 16.5. The maximum Gasteiger partial charge on any atom is 0.119 e. The number of rotatable bonds is 10. The molecule has 0 aromatic heterocycles. The molecule has 0 fully saturated rings. The van der Waals surface area contributed by atoms with E-state index in [1.807, 2.05) is 7.05 Å². The molecule has 0 amide bonds. The Morgan fingerprint density at radius 3 is 2.37 bits per heavy atom. The molecule has 0 aliphatic heterocycles. The fourth-order valence-corrected chi connectivity index (χ4v) is 2.07. The topological polar surface area (TPSA) is 21.3 Å². The summed E-state index contributed by atoms with van der Waals surface area (Å²) in [6.45, 7) is 5.28. The summed E-state index contributed by atoms with van der Waals surface area (Å²) in [4.78, 5) is 0. The molecule has 1 aromatic rings. The molecule has 1 atom stereocenters. The average molecular weight is 263 g/mol. The van der Waals surface area contributed by atoms with Crippen LogP contribution >= 0.6 is 0 Å². The maximum absolute atomic E-state index is 5.76. The van der Waals surface area contributed by atoms with Gasteiger partial charge in [-0.15, -0.1) is 0 Å². The van der Waals surface area contributed by atoms with E-state index in [0.29, 0.717) is 6.04 Å². The zero-order chi connectivity index (χ0) is 13.9. The fourth-order valence-electron chi connectivity index (χ4n) is 2.07. The van der Waals surface area contributed by atoms with Crippen molar-refractivity contribution in [2.24, 2.45) is 0 Å². The average Bonchev–Trinajstić information content (AvgIpc) is 2.44. The lowest BCUT2D eigenvalue weighted by molar-refractivity contribution is 0.304. The summed E-state index contributed by atoms with van der Waals surface area (Å²) in [5.74, 6) is 0.997. The Hall–Kier alpha value is -1.02. The van der Waals surface area contributed by atoms with Gasteiger partial charge in [0.15, 0.2) is 0 Å². The molecule has 2 nitrogen and oxygen atoms in total. The van der Waals surface area contributed by atoms with E-state index in [-0.39, 0.29) is 0 Å². The number of hydrogen-bond acceptors (Lipinski definition) is 2. The second-order valence-corrected chi connectivity index (χ2v) is 5.30. The minimum atomic E-state index is 0.519. The van der Waals surface area contributed by atoms with Gasteiger partial charge in [0, 0.05) is 6.04 Å². The predicted molar refractivity (Wildman–Crippen MR) is 82.9 cm³/mol. The number of ether oxygens (including phenoxy) is 1. The molecule has 2 heteroatoms. The number of unbranched alkanes of at least 4 members (excludes halogenated alkanes) is 4. The first-order chi connectivity index (χ1) is 9.26. The lowest BCUT2D eigenvalue weighted by atomic mass is 10.1. The van der Waals surface area contributed by atoms with Crippen molar-refractivity contribution in [3.63, 3.8) is 0 Å². The summed E-state index contributed by atoms with van der Waals surface area (Å²) >= 11 is 0. The molecular weight excluding hydrogens is 234 g/mol. The molecule has 0 aliphatic rings. The van der Waals surface area contributed by atoms with Crippen molar-refractivity contribution in [3.05, 3.63) is 29.8 Å². The molecule has 0 heterocycles. The first kappa shape index (κ1) is 16.0. The smallest absolute Gasteiger partial charge is 0.119 e. The van der Waals surface area contributed by atoms with Crippen LogP contribution in [0.2, 0.25) is 0 Å². The van der Waals surface area contributed by atoms with Crippen LogP contribution in [0.25, 0.3) is 0 Å². The Balaban J connectivity index is 2.21. The van der Waals surface area contributed by atoms with Gasteiger partial charge in [0.2, 0.25) is 0 Å². The Bertz CT molecular complexity index is 321. The molecule has 108 valence electrons. The van der Waals surface area contributed by atoms with E-state index >= 15 is 0 Å². The second kappa shape index (κ2) is 9.85. The van der Waals surface area contributed by atoms with Crippen LogP contribution in [0.3, 0.4) is 0 Å². The van der Waals surface area contributed by atoms with Crippen LogP contribution in [0.4, 0.5) is 0 Å². The van der Waals surface area contributed by atoms with E-state index in [1.165, 1.54) is 37.7 Å². The summed E-state index contributed by atoms with van der Waals surface area (Å²) in [5, 5.41) is 3.26. The van der Waals surface area contributed by atoms with Gasteiger partial charge in [-0.1, -0.05) is 44.7 Å². The Morgan fingerprint density at radius 1 is 1.05 bits per heavy atom. The third-order valence-corrected chi connectivity index (χ3v) is 3.47. The Kier molecular flexibility index (Phi) is 8.31. The lowest BCUT2D eigenvalue weighted by Gasteiger charge is -2.11. The van der Waals surface area contributed by atoms with Gasteiger partial charge in [-0.25, -0.2) is 0 Å². The van der Waals surface area contributed by atoms with Crippen molar-refractivity contribution in [1.82, 2.24) is 5.32 Å². The van der Waals surface area contributed by atoms with E-state index in [4.69, 9.17) is 4.74 Å². The molecule has 1 unspecified atom stereocenters. The van der Waals surface area contributed by atoms with Crippen LogP contribution in [0, 0.1) is 0 Å². The van der Waals surface area contributed by atoms with Gasteiger partial charge in [-0.2, -0.15) is 0 Å². The van der Waals surface area contributed by atoms with E-state index in [9.17, 15) is 0 Å². The van der Waals surface area contributed by atoms with Gasteiger partial charge < -0.3 is 10.1 Å². The summed E-state index contributed by atoms with van der Waals surface area (Å²) in [7, 11) is 2.00. The van der Waals surface area contributed by atoms with Gasteiger partial charge >= 0.3 is 0 Å². The molecule has 0 radical (unpaired) electrons.